The summed E-state index contributed by atoms with van der Waals surface area (Å²) in [5.74, 6) is 0.0441. The standard InChI is InChI=1S/C14H19N3O2/c1-2-16-14(19)10-5-6-11(13(15)18)12(7-10)17-8-9-3-4-9/h5-7,9,17H,2-4,8H2,1H3,(H2,15,18)(H,16,19). The van der Waals surface area contributed by atoms with Crippen LogP contribution in [0.3, 0.4) is 0 Å². The third kappa shape index (κ3) is 3.47. The molecular weight excluding hydrogens is 242 g/mol. The summed E-state index contributed by atoms with van der Waals surface area (Å²) in [5.41, 5.74) is 6.94. The zero-order valence-electron chi connectivity index (χ0n) is 11.0. The highest BCUT2D eigenvalue weighted by Crippen LogP contribution is 2.29. The van der Waals surface area contributed by atoms with Crippen LogP contribution in [0.1, 0.15) is 40.5 Å². The molecule has 0 bridgehead atoms. The Bertz CT molecular complexity index is 495. The molecule has 0 heterocycles. The molecule has 0 saturated heterocycles. The van der Waals surface area contributed by atoms with Gasteiger partial charge in [0, 0.05) is 24.3 Å². The number of hydrogen-bond acceptors (Lipinski definition) is 3. The first-order valence-corrected chi connectivity index (χ1v) is 6.57. The van der Waals surface area contributed by atoms with E-state index < -0.39 is 5.91 Å². The second-order valence-corrected chi connectivity index (χ2v) is 4.81. The van der Waals surface area contributed by atoms with Crippen LogP contribution in [-0.2, 0) is 0 Å². The van der Waals surface area contributed by atoms with Crippen molar-refractivity contribution in [1.29, 1.82) is 0 Å². The predicted octanol–water partition coefficient (Wildman–Crippen LogP) is 1.36. The molecule has 1 saturated carbocycles. The maximum absolute atomic E-state index is 11.8. The van der Waals surface area contributed by atoms with E-state index in [4.69, 9.17) is 5.73 Å². The molecule has 2 rings (SSSR count). The largest absolute Gasteiger partial charge is 0.384 e. The van der Waals surface area contributed by atoms with E-state index in [1.807, 2.05) is 6.92 Å². The first kappa shape index (κ1) is 13.4. The van der Waals surface area contributed by atoms with Crippen LogP contribution in [0.25, 0.3) is 0 Å². The van der Waals surface area contributed by atoms with Crippen molar-refractivity contribution in [3.05, 3.63) is 29.3 Å². The number of nitrogens with one attached hydrogen (secondary N) is 2. The lowest BCUT2D eigenvalue weighted by molar-refractivity contribution is 0.0953. The van der Waals surface area contributed by atoms with E-state index in [9.17, 15) is 9.59 Å². The highest BCUT2D eigenvalue weighted by atomic mass is 16.2. The summed E-state index contributed by atoms with van der Waals surface area (Å²) < 4.78 is 0. The number of amides is 2. The zero-order chi connectivity index (χ0) is 13.8. The molecule has 1 fully saturated rings. The molecule has 0 radical (unpaired) electrons. The SMILES string of the molecule is CCNC(=O)c1ccc(C(N)=O)c(NCC2CC2)c1. The topological polar surface area (TPSA) is 84.2 Å². The Morgan fingerprint density at radius 3 is 2.68 bits per heavy atom. The third-order valence-electron chi connectivity index (χ3n) is 3.16. The van der Waals surface area contributed by atoms with Crippen LogP contribution < -0.4 is 16.4 Å². The highest BCUT2D eigenvalue weighted by Gasteiger charge is 2.21. The van der Waals surface area contributed by atoms with E-state index in [-0.39, 0.29) is 5.91 Å². The van der Waals surface area contributed by atoms with Crippen molar-refractivity contribution in [2.45, 2.75) is 19.8 Å². The van der Waals surface area contributed by atoms with Gasteiger partial charge >= 0.3 is 0 Å². The molecule has 1 aromatic carbocycles. The van der Waals surface area contributed by atoms with E-state index in [1.54, 1.807) is 18.2 Å². The maximum atomic E-state index is 11.8. The van der Waals surface area contributed by atoms with Crippen molar-refractivity contribution in [3.63, 3.8) is 0 Å². The lowest BCUT2D eigenvalue weighted by Crippen LogP contribution is -2.23. The van der Waals surface area contributed by atoms with E-state index >= 15 is 0 Å². The summed E-state index contributed by atoms with van der Waals surface area (Å²) in [6.45, 7) is 3.25. The minimum Gasteiger partial charge on any atom is -0.384 e. The van der Waals surface area contributed by atoms with Crippen molar-refractivity contribution >= 4 is 17.5 Å². The number of carbonyl (C=O) groups excluding carboxylic acids is 2. The van der Waals surface area contributed by atoms with Gasteiger partial charge in [0.05, 0.1) is 5.56 Å². The number of primary amides is 1. The molecule has 0 unspecified atom stereocenters. The fourth-order valence-corrected chi connectivity index (χ4v) is 1.89. The van der Waals surface area contributed by atoms with Crippen LogP contribution in [0.5, 0.6) is 0 Å². The van der Waals surface area contributed by atoms with Gasteiger partial charge in [-0.1, -0.05) is 0 Å². The van der Waals surface area contributed by atoms with Crippen molar-refractivity contribution in [3.8, 4) is 0 Å². The third-order valence-corrected chi connectivity index (χ3v) is 3.16. The first-order chi connectivity index (χ1) is 9.11. The molecule has 1 aromatic rings. The summed E-state index contributed by atoms with van der Waals surface area (Å²) in [7, 11) is 0. The van der Waals surface area contributed by atoms with Gasteiger partial charge in [0.2, 0.25) is 0 Å². The summed E-state index contributed by atoms with van der Waals surface area (Å²) in [4.78, 5) is 23.1. The Labute approximate surface area is 112 Å². The second-order valence-electron chi connectivity index (χ2n) is 4.81. The molecule has 0 aromatic heterocycles. The van der Waals surface area contributed by atoms with E-state index in [2.05, 4.69) is 10.6 Å². The van der Waals surface area contributed by atoms with Gasteiger partial charge in [0.25, 0.3) is 11.8 Å². The summed E-state index contributed by atoms with van der Waals surface area (Å²) in [5, 5.41) is 5.95. The molecule has 19 heavy (non-hydrogen) atoms. The Kier molecular flexibility index (Phi) is 4.04. The average molecular weight is 261 g/mol. The van der Waals surface area contributed by atoms with Gasteiger partial charge in [-0.3, -0.25) is 9.59 Å². The van der Waals surface area contributed by atoms with Crippen LogP contribution in [0, 0.1) is 5.92 Å². The van der Waals surface area contributed by atoms with E-state index in [1.165, 1.54) is 12.8 Å². The van der Waals surface area contributed by atoms with Crippen LogP contribution >= 0.6 is 0 Å². The molecule has 1 aliphatic carbocycles. The van der Waals surface area contributed by atoms with Gasteiger partial charge in [-0.15, -0.1) is 0 Å². The number of rotatable bonds is 6. The van der Waals surface area contributed by atoms with Gasteiger partial charge in [-0.25, -0.2) is 0 Å². The monoisotopic (exact) mass is 261 g/mol. The van der Waals surface area contributed by atoms with E-state index in [0.717, 1.165) is 6.54 Å². The average Bonchev–Trinajstić information content (AvgIpc) is 3.20. The fraction of sp³-hybridized carbons (Fsp3) is 0.429. The molecule has 0 atom stereocenters. The van der Waals surface area contributed by atoms with Crippen molar-refractivity contribution in [2.24, 2.45) is 11.7 Å². The smallest absolute Gasteiger partial charge is 0.251 e. The Balaban J connectivity index is 2.20. The van der Waals surface area contributed by atoms with E-state index in [0.29, 0.717) is 29.3 Å². The van der Waals surface area contributed by atoms with Gasteiger partial charge in [0.1, 0.15) is 0 Å². The lowest BCUT2D eigenvalue weighted by Gasteiger charge is -2.11. The number of benzene rings is 1. The minimum absolute atomic E-state index is 0.145. The van der Waals surface area contributed by atoms with Gasteiger partial charge < -0.3 is 16.4 Å². The molecule has 5 nitrogen and oxygen atoms in total. The molecule has 102 valence electrons. The summed E-state index contributed by atoms with van der Waals surface area (Å²) in [6, 6.07) is 4.91. The van der Waals surface area contributed by atoms with Crippen molar-refractivity contribution in [2.75, 3.05) is 18.4 Å². The summed E-state index contributed by atoms with van der Waals surface area (Å²) in [6.07, 6.45) is 2.43. The van der Waals surface area contributed by atoms with Crippen LogP contribution in [-0.4, -0.2) is 24.9 Å². The number of nitrogens with two attached hydrogens (primary N) is 1. The van der Waals surface area contributed by atoms with Crippen molar-refractivity contribution < 1.29 is 9.59 Å². The van der Waals surface area contributed by atoms with Gasteiger partial charge in [-0.2, -0.15) is 0 Å². The second kappa shape index (κ2) is 5.73. The Hall–Kier alpha value is -2.04. The molecule has 4 N–H and O–H groups in total. The number of hydrogen-bond donors (Lipinski definition) is 3. The fourth-order valence-electron chi connectivity index (χ4n) is 1.89. The Morgan fingerprint density at radius 1 is 1.37 bits per heavy atom. The molecule has 2 amide bonds. The lowest BCUT2D eigenvalue weighted by atomic mass is 10.1. The van der Waals surface area contributed by atoms with Crippen LogP contribution in [0.15, 0.2) is 18.2 Å². The first-order valence-electron chi connectivity index (χ1n) is 6.57. The number of anilines is 1. The molecular formula is C14H19N3O2. The maximum Gasteiger partial charge on any atom is 0.251 e. The quantitative estimate of drug-likeness (QED) is 0.723. The van der Waals surface area contributed by atoms with Crippen LogP contribution in [0.4, 0.5) is 5.69 Å². The van der Waals surface area contributed by atoms with Gasteiger partial charge in [-0.05, 0) is 43.9 Å². The Morgan fingerprint density at radius 2 is 2.11 bits per heavy atom. The predicted molar refractivity (Wildman–Crippen MR) is 74.2 cm³/mol. The normalized spacial score (nSPS) is 13.9. The number of carbonyl (C=O) groups is 2. The minimum atomic E-state index is -0.485. The molecule has 1 aliphatic rings. The zero-order valence-corrected chi connectivity index (χ0v) is 11.0. The van der Waals surface area contributed by atoms with Gasteiger partial charge in [0.15, 0.2) is 0 Å². The summed E-state index contributed by atoms with van der Waals surface area (Å²) >= 11 is 0. The van der Waals surface area contributed by atoms with Crippen molar-refractivity contribution in [1.82, 2.24) is 5.32 Å². The van der Waals surface area contributed by atoms with Crippen LogP contribution in [0.2, 0.25) is 0 Å². The highest BCUT2D eigenvalue weighted by molar-refractivity contribution is 6.02. The molecule has 0 spiro atoms. The molecule has 0 aliphatic heterocycles. The molecule has 5 heteroatoms.